The molecule has 150 valence electrons. The third-order valence-corrected chi connectivity index (χ3v) is 5.62. The van der Waals surface area contributed by atoms with Gasteiger partial charge in [0.25, 0.3) is 0 Å². The first-order chi connectivity index (χ1) is 15.1. The topological polar surface area (TPSA) is 51.2 Å². The zero-order chi connectivity index (χ0) is 21.8. The molecular formula is C27H17BrO3. The molecule has 0 bridgehead atoms. The number of ketones is 3. The van der Waals surface area contributed by atoms with Crippen LogP contribution in [0.5, 0.6) is 0 Å². The normalized spacial score (nSPS) is 10.5. The van der Waals surface area contributed by atoms with Crippen molar-refractivity contribution in [1.82, 2.24) is 0 Å². The van der Waals surface area contributed by atoms with Gasteiger partial charge in [-0.2, -0.15) is 0 Å². The van der Waals surface area contributed by atoms with Crippen LogP contribution in [0, 0.1) is 0 Å². The summed E-state index contributed by atoms with van der Waals surface area (Å²) in [4.78, 5) is 40.4. The number of carbonyl (C=O) groups excluding carboxylic acids is 3. The van der Waals surface area contributed by atoms with E-state index in [0.29, 0.717) is 21.2 Å². The Morgan fingerprint density at radius 3 is 1.29 bits per heavy atom. The zero-order valence-corrected chi connectivity index (χ0v) is 18.0. The summed E-state index contributed by atoms with van der Waals surface area (Å²) in [6.45, 7) is 0. The minimum Gasteiger partial charge on any atom is -0.289 e. The molecule has 0 N–H and O–H groups in total. The van der Waals surface area contributed by atoms with Crippen molar-refractivity contribution in [3.05, 3.63) is 141 Å². The molecule has 0 radical (unpaired) electrons. The summed E-state index contributed by atoms with van der Waals surface area (Å²) in [5.74, 6) is -1.01. The summed E-state index contributed by atoms with van der Waals surface area (Å²) in [7, 11) is 0. The van der Waals surface area contributed by atoms with Crippen LogP contribution in [0.4, 0.5) is 0 Å². The molecule has 0 heterocycles. The van der Waals surface area contributed by atoms with Gasteiger partial charge in [-0.15, -0.1) is 0 Å². The van der Waals surface area contributed by atoms with Gasteiger partial charge >= 0.3 is 0 Å². The number of rotatable bonds is 6. The quantitative estimate of drug-likeness (QED) is 0.319. The molecule has 0 saturated heterocycles. The van der Waals surface area contributed by atoms with E-state index in [0.717, 1.165) is 0 Å². The first-order valence-electron chi connectivity index (χ1n) is 9.69. The van der Waals surface area contributed by atoms with E-state index in [1.807, 2.05) is 18.2 Å². The van der Waals surface area contributed by atoms with Crippen molar-refractivity contribution in [1.29, 1.82) is 0 Å². The Hall–Kier alpha value is -3.63. The summed E-state index contributed by atoms with van der Waals surface area (Å²) in [5.41, 5.74) is 1.78. The maximum Gasteiger partial charge on any atom is 0.194 e. The fourth-order valence-electron chi connectivity index (χ4n) is 3.44. The highest BCUT2D eigenvalue weighted by Gasteiger charge is 2.28. The van der Waals surface area contributed by atoms with E-state index in [9.17, 15) is 14.4 Å². The summed E-state index contributed by atoms with van der Waals surface area (Å²) in [5, 5.41) is 0. The highest BCUT2D eigenvalue weighted by molar-refractivity contribution is 9.10. The van der Waals surface area contributed by atoms with Gasteiger partial charge in [0.05, 0.1) is 0 Å². The lowest BCUT2D eigenvalue weighted by molar-refractivity contribution is 0.0990. The average Bonchev–Trinajstić information content (AvgIpc) is 2.84. The minimum atomic E-state index is -0.375. The van der Waals surface area contributed by atoms with Crippen molar-refractivity contribution in [3.63, 3.8) is 0 Å². The van der Waals surface area contributed by atoms with Crippen molar-refractivity contribution >= 4 is 33.3 Å². The third kappa shape index (κ3) is 4.16. The summed E-state index contributed by atoms with van der Waals surface area (Å²) in [6, 6.07) is 29.4. The number of benzene rings is 4. The van der Waals surface area contributed by atoms with E-state index in [1.165, 1.54) is 0 Å². The van der Waals surface area contributed by atoms with Crippen molar-refractivity contribution in [3.8, 4) is 0 Å². The molecule has 4 rings (SSSR count). The molecule has 0 aliphatic carbocycles. The van der Waals surface area contributed by atoms with Crippen LogP contribution in [0.15, 0.2) is 108 Å². The van der Waals surface area contributed by atoms with Crippen LogP contribution in [0.25, 0.3) is 0 Å². The van der Waals surface area contributed by atoms with Crippen molar-refractivity contribution in [2.75, 3.05) is 0 Å². The van der Waals surface area contributed by atoms with Crippen LogP contribution in [0.2, 0.25) is 0 Å². The molecule has 0 aliphatic heterocycles. The molecule has 0 aliphatic rings. The Morgan fingerprint density at radius 1 is 0.452 bits per heavy atom. The van der Waals surface area contributed by atoms with E-state index in [4.69, 9.17) is 0 Å². The van der Waals surface area contributed by atoms with Gasteiger partial charge in [-0.05, 0) is 12.1 Å². The molecule has 4 heteroatoms. The van der Waals surface area contributed by atoms with E-state index < -0.39 is 0 Å². The molecule has 3 nitrogen and oxygen atoms in total. The Balaban J connectivity index is 1.97. The van der Waals surface area contributed by atoms with Crippen LogP contribution >= 0.6 is 15.9 Å². The lowest BCUT2D eigenvalue weighted by atomic mass is 9.87. The van der Waals surface area contributed by atoms with E-state index in [2.05, 4.69) is 15.9 Å². The van der Waals surface area contributed by atoms with E-state index >= 15 is 0 Å². The van der Waals surface area contributed by atoms with Crippen molar-refractivity contribution in [2.45, 2.75) is 0 Å². The summed E-state index contributed by atoms with van der Waals surface area (Å²) in [6.07, 6.45) is 0. The van der Waals surface area contributed by atoms with Gasteiger partial charge in [0.1, 0.15) is 0 Å². The summed E-state index contributed by atoms with van der Waals surface area (Å²) < 4.78 is 0.463. The van der Waals surface area contributed by atoms with Gasteiger partial charge in [0, 0.05) is 37.9 Å². The molecule has 0 fully saturated rings. The first-order valence-corrected chi connectivity index (χ1v) is 10.5. The molecule has 0 unspecified atom stereocenters. The molecule has 4 aromatic rings. The Bertz CT molecular complexity index is 1260. The molecule has 4 aromatic carbocycles. The van der Waals surface area contributed by atoms with Crippen molar-refractivity contribution in [2.24, 2.45) is 0 Å². The molecule has 0 amide bonds. The third-order valence-electron chi connectivity index (χ3n) is 4.96. The van der Waals surface area contributed by atoms with E-state index in [1.54, 1.807) is 84.9 Å². The molecule has 0 spiro atoms. The lowest BCUT2D eigenvalue weighted by Crippen LogP contribution is -2.18. The second kappa shape index (κ2) is 9.02. The number of carbonyl (C=O) groups is 3. The predicted octanol–water partition coefficient (Wildman–Crippen LogP) is 6.14. The fourth-order valence-corrected chi connectivity index (χ4v) is 3.95. The first kappa shape index (κ1) is 20.6. The number of hydrogen-bond donors (Lipinski definition) is 0. The lowest BCUT2D eigenvalue weighted by Gasteiger charge is -2.15. The second-order valence-electron chi connectivity index (χ2n) is 6.93. The Kier molecular flexibility index (Phi) is 6.01. The monoisotopic (exact) mass is 468 g/mol. The predicted molar refractivity (Wildman–Crippen MR) is 124 cm³/mol. The van der Waals surface area contributed by atoms with Crippen LogP contribution in [0.3, 0.4) is 0 Å². The SMILES string of the molecule is O=C(c1ccccc1)c1ccc(Br)c(C(=O)c2ccccc2)c1C(=O)c1ccccc1. The molecule has 31 heavy (non-hydrogen) atoms. The highest BCUT2D eigenvalue weighted by atomic mass is 79.9. The number of hydrogen-bond acceptors (Lipinski definition) is 3. The minimum absolute atomic E-state index is 0.100. The molecule has 0 atom stereocenters. The maximum atomic E-state index is 13.6. The fraction of sp³-hybridized carbons (Fsp3) is 0. The number of halogens is 1. The smallest absolute Gasteiger partial charge is 0.194 e. The van der Waals surface area contributed by atoms with Gasteiger partial charge in [0.15, 0.2) is 17.3 Å². The van der Waals surface area contributed by atoms with Gasteiger partial charge in [0.2, 0.25) is 0 Å². The van der Waals surface area contributed by atoms with Crippen molar-refractivity contribution < 1.29 is 14.4 Å². The van der Waals surface area contributed by atoms with Crippen LogP contribution in [0.1, 0.15) is 47.8 Å². The highest BCUT2D eigenvalue weighted by Crippen LogP contribution is 2.30. The Labute approximate surface area is 188 Å². The molecule has 0 aromatic heterocycles. The average molecular weight is 469 g/mol. The van der Waals surface area contributed by atoms with Crippen LogP contribution in [-0.4, -0.2) is 17.3 Å². The van der Waals surface area contributed by atoms with Gasteiger partial charge in [-0.3, -0.25) is 14.4 Å². The van der Waals surface area contributed by atoms with Gasteiger partial charge < -0.3 is 0 Å². The zero-order valence-electron chi connectivity index (χ0n) is 16.4. The van der Waals surface area contributed by atoms with Crippen LogP contribution in [-0.2, 0) is 0 Å². The molecule has 0 saturated carbocycles. The molecular weight excluding hydrogens is 452 g/mol. The Morgan fingerprint density at radius 2 is 0.839 bits per heavy atom. The summed E-state index contributed by atoms with van der Waals surface area (Å²) >= 11 is 3.44. The largest absolute Gasteiger partial charge is 0.289 e. The maximum absolute atomic E-state index is 13.6. The van der Waals surface area contributed by atoms with Gasteiger partial charge in [-0.25, -0.2) is 0 Å². The van der Waals surface area contributed by atoms with E-state index in [-0.39, 0.29) is 34.0 Å². The van der Waals surface area contributed by atoms with Gasteiger partial charge in [-0.1, -0.05) is 107 Å². The standard InChI is InChI=1S/C27H17BrO3/c28-22-17-16-21(25(29)18-10-4-1-5-11-18)23(26(30)19-12-6-2-7-13-19)24(22)27(31)20-14-8-3-9-15-20/h1-17H. The van der Waals surface area contributed by atoms with Crippen LogP contribution < -0.4 is 0 Å². The second-order valence-corrected chi connectivity index (χ2v) is 7.78.